The summed E-state index contributed by atoms with van der Waals surface area (Å²) in [6.07, 6.45) is 0. The maximum Gasteiger partial charge on any atom is 0.0970 e. The average molecular weight is 399 g/mol. The van der Waals surface area contributed by atoms with Crippen molar-refractivity contribution < 1.29 is 5.11 Å². The molecule has 0 amide bonds. The minimum atomic E-state index is -0.824. The number of benzene rings is 2. The Hall–Kier alpha value is -1.04. The normalized spacial score (nSPS) is 11.3. The number of aliphatic hydroxyl groups is 1. The van der Waals surface area contributed by atoms with Gasteiger partial charge in [0, 0.05) is 8.95 Å². The number of hydrogen-bond donors (Lipinski definition) is 1. The lowest BCUT2D eigenvalue weighted by Crippen LogP contribution is -2.35. The largest absolute Gasteiger partial charge is 0.395 e. The minimum Gasteiger partial charge on any atom is -0.395 e. The van der Waals surface area contributed by atoms with Crippen LogP contribution in [0.2, 0.25) is 0 Å². The highest BCUT2D eigenvalue weighted by atomic mass is 79.9. The molecule has 0 aromatic heterocycles. The van der Waals surface area contributed by atoms with E-state index in [1.807, 2.05) is 48.5 Å². The Morgan fingerprint density at radius 3 is 1.85 bits per heavy atom. The van der Waals surface area contributed by atoms with Crippen LogP contribution in [0, 0.1) is 4.91 Å². The zero-order valence-corrected chi connectivity index (χ0v) is 13.8. The van der Waals surface area contributed by atoms with Crippen LogP contribution in [-0.4, -0.2) is 18.3 Å². The fraction of sp³-hybridized carbons (Fsp3) is 0.200. The molecule has 0 aliphatic heterocycles. The maximum absolute atomic E-state index is 10.9. The highest BCUT2D eigenvalue weighted by Gasteiger charge is 2.34. The van der Waals surface area contributed by atoms with E-state index in [2.05, 4.69) is 37.0 Å². The summed E-state index contributed by atoms with van der Waals surface area (Å²) in [5, 5.41) is 13.0. The molecule has 2 aromatic rings. The smallest absolute Gasteiger partial charge is 0.0970 e. The third kappa shape index (κ3) is 3.00. The van der Waals surface area contributed by atoms with Gasteiger partial charge in [0.2, 0.25) is 0 Å². The van der Waals surface area contributed by atoms with E-state index in [0.29, 0.717) is 0 Å². The molecular weight excluding hydrogens is 386 g/mol. The number of halogens is 2. The van der Waals surface area contributed by atoms with Crippen molar-refractivity contribution in [2.75, 3.05) is 13.2 Å². The quantitative estimate of drug-likeness (QED) is 0.765. The molecule has 0 bridgehead atoms. The highest BCUT2D eigenvalue weighted by molar-refractivity contribution is 9.10. The van der Waals surface area contributed by atoms with Crippen LogP contribution in [0.25, 0.3) is 0 Å². The van der Waals surface area contributed by atoms with E-state index in [1.165, 1.54) is 0 Å². The maximum atomic E-state index is 10.9. The van der Waals surface area contributed by atoms with E-state index in [0.717, 1.165) is 20.1 Å². The summed E-state index contributed by atoms with van der Waals surface area (Å²) >= 11 is 6.84. The van der Waals surface area contributed by atoms with Crippen LogP contribution < -0.4 is 0 Å². The van der Waals surface area contributed by atoms with E-state index >= 15 is 0 Å². The fourth-order valence-electron chi connectivity index (χ4n) is 2.26. The Bertz CT molecular complexity index is 571. The fourth-order valence-corrected chi connectivity index (χ4v) is 3.06. The molecule has 2 rings (SSSR count). The van der Waals surface area contributed by atoms with Gasteiger partial charge in [-0.3, -0.25) is 0 Å². The monoisotopic (exact) mass is 397 g/mol. The van der Waals surface area contributed by atoms with Gasteiger partial charge in [-0.1, -0.05) is 61.3 Å². The lowest BCUT2D eigenvalue weighted by atomic mass is 9.75. The van der Waals surface area contributed by atoms with E-state index in [-0.39, 0.29) is 13.2 Å². The summed E-state index contributed by atoms with van der Waals surface area (Å²) in [5.74, 6) is 0. The van der Waals surface area contributed by atoms with Crippen LogP contribution >= 0.6 is 31.9 Å². The summed E-state index contributed by atoms with van der Waals surface area (Å²) in [6.45, 7) is -0.206. The molecule has 2 aromatic carbocycles. The van der Waals surface area contributed by atoms with E-state index < -0.39 is 5.41 Å². The number of aliphatic hydroxyl groups excluding tert-OH is 1. The van der Waals surface area contributed by atoms with Crippen LogP contribution in [0.4, 0.5) is 0 Å². The third-order valence-corrected chi connectivity index (χ3v) is 4.35. The minimum absolute atomic E-state index is 0.0175. The lowest BCUT2D eigenvalue weighted by molar-refractivity contribution is 0.223. The first-order valence-corrected chi connectivity index (χ1v) is 7.63. The molecule has 0 saturated heterocycles. The lowest BCUT2D eigenvalue weighted by Gasteiger charge is -2.30. The SMILES string of the molecule is O=NCC(CO)(c1cccc(Br)c1)c1cccc(Br)c1. The summed E-state index contributed by atoms with van der Waals surface area (Å²) in [4.78, 5) is 10.9. The molecule has 0 atom stereocenters. The molecule has 0 aliphatic carbocycles. The first-order valence-electron chi connectivity index (χ1n) is 6.04. The molecule has 5 heteroatoms. The van der Waals surface area contributed by atoms with Crippen LogP contribution in [0.5, 0.6) is 0 Å². The Kier molecular flexibility index (Phi) is 5.07. The number of nitrogens with zero attached hydrogens (tertiary/aromatic N) is 1. The van der Waals surface area contributed by atoms with Gasteiger partial charge in [0.05, 0.1) is 18.6 Å². The second-order valence-corrected chi connectivity index (χ2v) is 6.38. The van der Waals surface area contributed by atoms with E-state index in [1.54, 1.807) is 0 Å². The standard InChI is InChI=1S/C15H13Br2NO2/c16-13-5-1-3-11(7-13)15(10-19,9-18-20)12-4-2-6-14(17)8-12/h1-8,19H,9-10H2. The average Bonchev–Trinajstić information content (AvgIpc) is 2.45. The van der Waals surface area contributed by atoms with Crippen LogP contribution in [-0.2, 0) is 5.41 Å². The van der Waals surface area contributed by atoms with Gasteiger partial charge in [-0.2, -0.15) is 4.91 Å². The summed E-state index contributed by atoms with van der Waals surface area (Å²) < 4.78 is 1.79. The molecular formula is C15H13Br2NO2. The van der Waals surface area contributed by atoms with Crippen molar-refractivity contribution in [3.63, 3.8) is 0 Å². The molecule has 3 nitrogen and oxygen atoms in total. The van der Waals surface area contributed by atoms with Crippen LogP contribution in [0.1, 0.15) is 11.1 Å². The van der Waals surface area contributed by atoms with Crippen molar-refractivity contribution in [1.29, 1.82) is 0 Å². The van der Waals surface area contributed by atoms with Gasteiger partial charge in [-0.05, 0) is 35.4 Å². The molecule has 0 heterocycles. The topological polar surface area (TPSA) is 49.7 Å². The summed E-state index contributed by atoms with van der Waals surface area (Å²) in [6, 6.07) is 15.2. The van der Waals surface area contributed by atoms with Crippen molar-refractivity contribution in [3.8, 4) is 0 Å². The number of nitroso groups, excluding NO2 is 1. The first kappa shape index (κ1) is 15.4. The Morgan fingerprint density at radius 2 is 1.50 bits per heavy atom. The van der Waals surface area contributed by atoms with Crippen molar-refractivity contribution in [2.24, 2.45) is 5.18 Å². The second-order valence-electron chi connectivity index (χ2n) is 4.55. The van der Waals surface area contributed by atoms with Gasteiger partial charge in [0.15, 0.2) is 0 Å². The third-order valence-electron chi connectivity index (χ3n) is 3.36. The molecule has 0 saturated carbocycles. The van der Waals surface area contributed by atoms with Gasteiger partial charge in [-0.25, -0.2) is 0 Å². The molecule has 0 aliphatic rings. The molecule has 0 spiro atoms. The van der Waals surface area contributed by atoms with Crippen molar-refractivity contribution in [3.05, 3.63) is 73.5 Å². The zero-order chi connectivity index (χ0) is 14.6. The summed E-state index contributed by atoms with van der Waals surface area (Å²) in [7, 11) is 0. The van der Waals surface area contributed by atoms with Gasteiger partial charge in [0.1, 0.15) is 0 Å². The number of rotatable bonds is 5. The summed E-state index contributed by atoms with van der Waals surface area (Å²) in [5.41, 5.74) is 0.883. The first-order chi connectivity index (χ1) is 9.62. The number of hydrogen-bond acceptors (Lipinski definition) is 3. The van der Waals surface area contributed by atoms with E-state index in [9.17, 15) is 10.0 Å². The predicted molar refractivity (Wildman–Crippen MR) is 86.8 cm³/mol. The van der Waals surface area contributed by atoms with Crippen LogP contribution in [0.15, 0.2) is 62.7 Å². The molecule has 0 radical (unpaired) electrons. The molecule has 0 fully saturated rings. The van der Waals surface area contributed by atoms with Crippen molar-refractivity contribution in [1.82, 2.24) is 0 Å². The molecule has 104 valence electrons. The molecule has 1 N–H and O–H groups in total. The van der Waals surface area contributed by atoms with Gasteiger partial charge < -0.3 is 5.11 Å². The Morgan fingerprint density at radius 1 is 1.00 bits per heavy atom. The second kappa shape index (κ2) is 6.61. The van der Waals surface area contributed by atoms with Gasteiger partial charge in [0.25, 0.3) is 0 Å². The van der Waals surface area contributed by atoms with E-state index in [4.69, 9.17) is 0 Å². The predicted octanol–water partition coefficient (Wildman–Crippen LogP) is 4.26. The zero-order valence-electron chi connectivity index (χ0n) is 10.6. The molecule has 0 unspecified atom stereocenters. The van der Waals surface area contributed by atoms with Gasteiger partial charge in [-0.15, -0.1) is 0 Å². The van der Waals surface area contributed by atoms with Crippen molar-refractivity contribution in [2.45, 2.75) is 5.41 Å². The molecule has 20 heavy (non-hydrogen) atoms. The van der Waals surface area contributed by atoms with Crippen LogP contribution in [0.3, 0.4) is 0 Å². The Balaban J connectivity index is 2.64. The highest BCUT2D eigenvalue weighted by Crippen LogP contribution is 2.35. The van der Waals surface area contributed by atoms with Crippen molar-refractivity contribution >= 4 is 31.9 Å². The van der Waals surface area contributed by atoms with Gasteiger partial charge >= 0.3 is 0 Å². The Labute approximate surface area is 134 Å².